The number of para-hydroxylation sites is 1. The molecule has 0 radical (unpaired) electrons. The molecule has 6 heteroatoms. The molecule has 1 fully saturated rings. The zero-order valence-corrected chi connectivity index (χ0v) is 15.7. The number of amides is 3. The standard InChI is InChI=1S/C19H29N3O3/c1-5-19(3,4)25-14-16-8-6-7-9-17(16)20-18(24)22-12-10-21(11-13-22)15(2)23/h6-9H,5,10-14H2,1-4H3,(H,20,24). The number of carbonyl (C=O) groups excluding carboxylic acids is 2. The SMILES string of the molecule is CCC(C)(C)OCc1ccccc1NC(=O)N1CCN(C(C)=O)CC1. The van der Waals surface area contributed by atoms with Crippen LogP contribution in [0.2, 0.25) is 0 Å². The van der Waals surface area contributed by atoms with Gasteiger partial charge in [0.1, 0.15) is 0 Å². The lowest BCUT2D eigenvalue weighted by Gasteiger charge is -2.34. The maximum Gasteiger partial charge on any atom is 0.321 e. The van der Waals surface area contributed by atoms with Gasteiger partial charge in [0.25, 0.3) is 0 Å². The van der Waals surface area contributed by atoms with Gasteiger partial charge in [-0.1, -0.05) is 25.1 Å². The molecule has 1 N–H and O–H groups in total. The van der Waals surface area contributed by atoms with E-state index in [1.165, 1.54) is 0 Å². The number of hydrogen-bond donors (Lipinski definition) is 1. The van der Waals surface area contributed by atoms with Crippen molar-refractivity contribution in [1.29, 1.82) is 0 Å². The molecular weight excluding hydrogens is 318 g/mol. The van der Waals surface area contributed by atoms with Gasteiger partial charge in [0.05, 0.1) is 12.2 Å². The van der Waals surface area contributed by atoms with E-state index in [9.17, 15) is 9.59 Å². The van der Waals surface area contributed by atoms with Crippen LogP contribution in [0.25, 0.3) is 0 Å². The van der Waals surface area contributed by atoms with E-state index < -0.39 is 0 Å². The smallest absolute Gasteiger partial charge is 0.321 e. The first-order valence-corrected chi connectivity index (χ1v) is 8.85. The first kappa shape index (κ1) is 19.2. The van der Waals surface area contributed by atoms with Crippen molar-refractivity contribution < 1.29 is 14.3 Å². The van der Waals surface area contributed by atoms with Crippen molar-refractivity contribution in [3.8, 4) is 0 Å². The predicted octanol–water partition coefficient (Wildman–Crippen LogP) is 3.09. The topological polar surface area (TPSA) is 61.9 Å². The largest absolute Gasteiger partial charge is 0.371 e. The molecule has 0 saturated carbocycles. The highest BCUT2D eigenvalue weighted by atomic mass is 16.5. The van der Waals surface area contributed by atoms with Crippen molar-refractivity contribution in [3.63, 3.8) is 0 Å². The van der Waals surface area contributed by atoms with Crippen molar-refractivity contribution in [2.45, 2.75) is 46.3 Å². The normalized spacial score (nSPS) is 15.2. The van der Waals surface area contributed by atoms with E-state index in [4.69, 9.17) is 4.74 Å². The van der Waals surface area contributed by atoms with Crippen LogP contribution >= 0.6 is 0 Å². The van der Waals surface area contributed by atoms with Crippen LogP contribution in [0, 0.1) is 0 Å². The van der Waals surface area contributed by atoms with Gasteiger partial charge in [-0.3, -0.25) is 4.79 Å². The Bertz CT molecular complexity index is 608. The highest BCUT2D eigenvalue weighted by Gasteiger charge is 2.23. The van der Waals surface area contributed by atoms with Crippen molar-refractivity contribution in [2.24, 2.45) is 0 Å². The molecule has 1 aliphatic heterocycles. The van der Waals surface area contributed by atoms with E-state index in [-0.39, 0.29) is 17.5 Å². The third kappa shape index (κ3) is 5.46. The van der Waals surface area contributed by atoms with Crippen LogP contribution in [-0.2, 0) is 16.1 Å². The Labute approximate surface area is 150 Å². The Kier molecular flexibility index (Phi) is 6.42. The predicted molar refractivity (Wildman–Crippen MR) is 98.4 cm³/mol. The molecule has 0 atom stereocenters. The number of benzene rings is 1. The Morgan fingerprint density at radius 2 is 1.72 bits per heavy atom. The minimum Gasteiger partial charge on any atom is -0.371 e. The number of ether oxygens (including phenoxy) is 1. The van der Waals surface area contributed by atoms with Crippen LogP contribution in [-0.4, -0.2) is 53.5 Å². The highest BCUT2D eigenvalue weighted by molar-refractivity contribution is 5.90. The van der Waals surface area contributed by atoms with Crippen molar-refractivity contribution >= 4 is 17.6 Å². The van der Waals surface area contributed by atoms with E-state index >= 15 is 0 Å². The van der Waals surface area contributed by atoms with Crippen LogP contribution < -0.4 is 5.32 Å². The Morgan fingerprint density at radius 1 is 1.12 bits per heavy atom. The number of nitrogens with one attached hydrogen (secondary N) is 1. The van der Waals surface area contributed by atoms with Gasteiger partial charge in [-0.15, -0.1) is 0 Å². The zero-order valence-electron chi connectivity index (χ0n) is 15.7. The summed E-state index contributed by atoms with van der Waals surface area (Å²) in [5, 5.41) is 2.98. The first-order chi connectivity index (χ1) is 11.8. The van der Waals surface area contributed by atoms with E-state index in [0.717, 1.165) is 17.7 Å². The quantitative estimate of drug-likeness (QED) is 0.890. The van der Waals surface area contributed by atoms with Crippen molar-refractivity contribution in [3.05, 3.63) is 29.8 Å². The number of carbonyl (C=O) groups is 2. The number of nitrogens with zero attached hydrogens (tertiary/aromatic N) is 2. The first-order valence-electron chi connectivity index (χ1n) is 8.85. The van der Waals surface area contributed by atoms with Crippen LogP contribution in [0.1, 0.15) is 39.7 Å². The van der Waals surface area contributed by atoms with Crippen LogP contribution in [0.5, 0.6) is 0 Å². The van der Waals surface area contributed by atoms with E-state index in [0.29, 0.717) is 32.8 Å². The fourth-order valence-electron chi connectivity index (χ4n) is 2.56. The fourth-order valence-corrected chi connectivity index (χ4v) is 2.56. The van der Waals surface area contributed by atoms with Crippen molar-refractivity contribution in [2.75, 3.05) is 31.5 Å². The van der Waals surface area contributed by atoms with Gasteiger partial charge in [-0.05, 0) is 26.3 Å². The lowest BCUT2D eigenvalue weighted by atomic mass is 10.1. The molecule has 0 unspecified atom stereocenters. The van der Waals surface area contributed by atoms with E-state index in [1.54, 1.807) is 16.7 Å². The van der Waals surface area contributed by atoms with Gasteiger partial charge in [0.15, 0.2) is 0 Å². The number of urea groups is 1. The molecule has 3 amide bonds. The van der Waals surface area contributed by atoms with Crippen LogP contribution in [0.4, 0.5) is 10.5 Å². The lowest BCUT2D eigenvalue weighted by molar-refractivity contribution is -0.130. The average Bonchev–Trinajstić information content (AvgIpc) is 2.61. The molecular formula is C19H29N3O3. The Morgan fingerprint density at radius 3 is 2.32 bits per heavy atom. The summed E-state index contributed by atoms with van der Waals surface area (Å²) in [6, 6.07) is 7.57. The third-order valence-electron chi connectivity index (χ3n) is 4.74. The van der Waals surface area contributed by atoms with Gasteiger partial charge in [-0.25, -0.2) is 4.79 Å². The molecule has 25 heavy (non-hydrogen) atoms. The van der Waals surface area contributed by atoms with E-state index in [2.05, 4.69) is 26.1 Å². The third-order valence-corrected chi connectivity index (χ3v) is 4.74. The second-order valence-corrected chi connectivity index (χ2v) is 6.98. The van der Waals surface area contributed by atoms with Crippen molar-refractivity contribution in [1.82, 2.24) is 9.80 Å². The fraction of sp³-hybridized carbons (Fsp3) is 0.579. The Balaban J connectivity index is 1.96. The average molecular weight is 347 g/mol. The molecule has 1 heterocycles. The molecule has 0 bridgehead atoms. The molecule has 1 aromatic rings. The summed E-state index contributed by atoms with van der Waals surface area (Å²) >= 11 is 0. The zero-order chi connectivity index (χ0) is 18.4. The maximum absolute atomic E-state index is 12.5. The van der Waals surface area contributed by atoms with Gasteiger partial charge >= 0.3 is 6.03 Å². The maximum atomic E-state index is 12.5. The van der Waals surface area contributed by atoms with Crippen LogP contribution in [0.3, 0.4) is 0 Å². The van der Waals surface area contributed by atoms with Gasteiger partial charge < -0.3 is 19.9 Å². The Hall–Kier alpha value is -2.08. The monoisotopic (exact) mass is 347 g/mol. The molecule has 0 spiro atoms. The van der Waals surface area contributed by atoms with Gasteiger partial charge in [0, 0.05) is 44.4 Å². The molecule has 1 aromatic carbocycles. The summed E-state index contributed by atoms with van der Waals surface area (Å²) < 4.78 is 5.96. The number of rotatable bonds is 5. The summed E-state index contributed by atoms with van der Waals surface area (Å²) in [7, 11) is 0. The number of anilines is 1. The molecule has 138 valence electrons. The van der Waals surface area contributed by atoms with E-state index in [1.807, 2.05) is 24.3 Å². The second-order valence-electron chi connectivity index (χ2n) is 6.98. The van der Waals surface area contributed by atoms with Gasteiger partial charge in [0.2, 0.25) is 5.91 Å². The molecule has 0 aliphatic carbocycles. The second kappa shape index (κ2) is 8.34. The summed E-state index contributed by atoms with van der Waals surface area (Å²) in [5.74, 6) is 0.0566. The van der Waals surface area contributed by atoms with Gasteiger partial charge in [-0.2, -0.15) is 0 Å². The molecule has 1 aliphatic rings. The highest BCUT2D eigenvalue weighted by Crippen LogP contribution is 2.21. The summed E-state index contributed by atoms with van der Waals surface area (Å²) in [6.45, 7) is 10.5. The summed E-state index contributed by atoms with van der Waals surface area (Å²) in [6.07, 6.45) is 0.919. The molecule has 6 nitrogen and oxygen atoms in total. The molecule has 1 saturated heterocycles. The number of piperazine rings is 1. The molecule has 0 aromatic heterocycles. The summed E-state index contributed by atoms with van der Waals surface area (Å²) in [4.78, 5) is 27.4. The minimum atomic E-state index is -0.194. The molecule has 2 rings (SSSR count). The lowest BCUT2D eigenvalue weighted by Crippen LogP contribution is -2.51. The summed E-state index contributed by atoms with van der Waals surface area (Å²) in [5.41, 5.74) is 1.54. The van der Waals surface area contributed by atoms with Crippen LogP contribution in [0.15, 0.2) is 24.3 Å². The minimum absolute atomic E-state index is 0.0566. The number of hydrogen-bond acceptors (Lipinski definition) is 3.